The second-order valence-electron chi connectivity index (χ2n) is 8.42. The maximum atomic E-state index is 13.7. The summed E-state index contributed by atoms with van der Waals surface area (Å²) in [5, 5.41) is 4.67. The van der Waals surface area contributed by atoms with Gasteiger partial charge in [-0.05, 0) is 30.3 Å². The van der Waals surface area contributed by atoms with Crippen LogP contribution in [0.1, 0.15) is 22.7 Å². The van der Waals surface area contributed by atoms with Crippen LogP contribution in [0.15, 0.2) is 79.0 Å². The van der Waals surface area contributed by atoms with Gasteiger partial charge in [0.05, 0.1) is 17.1 Å². The van der Waals surface area contributed by atoms with Crippen LogP contribution in [-0.4, -0.2) is 51.5 Å². The fraction of sp³-hybridized carbons (Fsp3) is 0.231. The number of ether oxygens (including phenoxy) is 1. The summed E-state index contributed by atoms with van der Waals surface area (Å²) in [5.41, 5.74) is 4.06. The highest BCUT2D eigenvalue weighted by Crippen LogP contribution is 2.44. The van der Waals surface area contributed by atoms with E-state index in [-0.39, 0.29) is 11.8 Å². The van der Waals surface area contributed by atoms with E-state index >= 15 is 0 Å². The number of carbonyl (C=O) groups is 1. The molecule has 0 radical (unpaired) electrons. The van der Waals surface area contributed by atoms with E-state index in [2.05, 4.69) is 22.1 Å². The third-order valence-electron chi connectivity index (χ3n) is 6.42. The minimum absolute atomic E-state index is 0.153. The van der Waals surface area contributed by atoms with Gasteiger partial charge in [-0.1, -0.05) is 42.5 Å². The van der Waals surface area contributed by atoms with E-state index in [1.807, 2.05) is 76.3 Å². The van der Waals surface area contributed by atoms with Crippen LogP contribution < -0.4 is 4.74 Å². The second kappa shape index (κ2) is 7.80. The second-order valence-corrected chi connectivity index (χ2v) is 8.42. The average Bonchev–Trinajstić information content (AvgIpc) is 3.25. The normalized spacial score (nSPS) is 16.4. The number of rotatable bonds is 3. The molecule has 6 rings (SSSR count). The molecule has 1 amide bonds. The monoisotopic (exact) mass is 424 g/mol. The molecule has 0 spiro atoms. The van der Waals surface area contributed by atoms with Gasteiger partial charge in [-0.3, -0.25) is 9.69 Å². The van der Waals surface area contributed by atoms with Gasteiger partial charge in [0.25, 0.3) is 0 Å². The fourth-order valence-electron chi connectivity index (χ4n) is 4.78. The molecule has 2 aliphatic rings. The number of carbonyl (C=O) groups excluding carboxylic acids is 1. The van der Waals surface area contributed by atoms with Crippen molar-refractivity contribution >= 4 is 11.4 Å². The lowest BCUT2D eigenvalue weighted by Crippen LogP contribution is -2.50. The van der Waals surface area contributed by atoms with Crippen LogP contribution in [0.2, 0.25) is 0 Å². The highest BCUT2D eigenvalue weighted by molar-refractivity contribution is 5.89. The van der Waals surface area contributed by atoms with Crippen molar-refractivity contribution in [3.63, 3.8) is 0 Å². The van der Waals surface area contributed by atoms with Crippen molar-refractivity contribution < 1.29 is 9.53 Å². The highest BCUT2D eigenvalue weighted by Gasteiger charge is 2.36. The summed E-state index contributed by atoms with van der Waals surface area (Å²) in [6.45, 7) is 3.91. The van der Waals surface area contributed by atoms with Crippen LogP contribution in [0.3, 0.4) is 0 Å². The molecular formula is C26H24N4O2. The van der Waals surface area contributed by atoms with Gasteiger partial charge < -0.3 is 9.64 Å². The molecule has 32 heavy (non-hydrogen) atoms. The minimum atomic E-state index is -0.318. The number of piperazine rings is 1. The molecule has 0 N–H and O–H groups in total. The molecule has 6 heteroatoms. The van der Waals surface area contributed by atoms with Crippen LogP contribution in [-0.2, 0) is 11.3 Å². The summed E-state index contributed by atoms with van der Waals surface area (Å²) < 4.78 is 7.98. The number of hydrogen-bond donors (Lipinski definition) is 0. The van der Waals surface area contributed by atoms with Gasteiger partial charge in [0.2, 0.25) is 5.91 Å². The van der Waals surface area contributed by atoms with E-state index < -0.39 is 0 Å². The van der Waals surface area contributed by atoms with Crippen molar-refractivity contribution in [1.82, 2.24) is 19.4 Å². The highest BCUT2D eigenvalue weighted by atomic mass is 16.5. The summed E-state index contributed by atoms with van der Waals surface area (Å²) in [6, 6.07) is 24.0. The smallest absolute Gasteiger partial charge is 0.234 e. The Hall–Kier alpha value is -3.64. The number of aromatic nitrogens is 2. The Morgan fingerprint density at radius 3 is 2.22 bits per heavy atom. The number of amides is 1. The average molecular weight is 425 g/mol. The number of fused-ring (bicyclic) bond motifs is 3. The Balaban J connectivity index is 1.18. The summed E-state index contributed by atoms with van der Waals surface area (Å²) in [6.07, 6.45) is 1.97. The van der Waals surface area contributed by atoms with Crippen LogP contribution in [0.25, 0.3) is 5.52 Å². The summed E-state index contributed by atoms with van der Waals surface area (Å²) in [7, 11) is 0. The first kappa shape index (κ1) is 19.1. The molecule has 2 aromatic carbocycles. The van der Waals surface area contributed by atoms with E-state index in [0.29, 0.717) is 13.1 Å². The van der Waals surface area contributed by atoms with Crippen molar-refractivity contribution in [2.45, 2.75) is 12.5 Å². The van der Waals surface area contributed by atoms with Gasteiger partial charge in [-0.25, -0.2) is 4.52 Å². The zero-order chi connectivity index (χ0) is 21.5. The molecule has 6 nitrogen and oxygen atoms in total. The van der Waals surface area contributed by atoms with Crippen LogP contribution in [0.5, 0.6) is 11.5 Å². The minimum Gasteiger partial charge on any atom is -0.457 e. The molecule has 4 heterocycles. The molecular weight excluding hydrogens is 400 g/mol. The molecule has 2 aliphatic heterocycles. The van der Waals surface area contributed by atoms with Crippen molar-refractivity contribution in [1.29, 1.82) is 0 Å². The maximum Gasteiger partial charge on any atom is 0.234 e. The van der Waals surface area contributed by atoms with Crippen molar-refractivity contribution in [2.75, 3.05) is 26.2 Å². The van der Waals surface area contributed by atoms with Crippen LogP contribution >= 0.6 is 0 Å². The topological polar surface area (TPSA) is 50.1 Å². The zero-order valence-electron chi connectivity index (χ0n) is 17.7. The van der Waals surface area contributed by atoms with E-state index in [4.69, 9.17) is 4.74 Å². The number of benzene rings is 2. The standard InChI is InChI=1S/C26H24N4O2/c31-26(25-21-8-1-3-10-23(21)32-24-11-4-2-9-22(24)25)29-15-13-28(14-16-29)18-19-17-20-7-5-6-12-30(20)27-19/h1-12,17,25H,13-16,18H2. The van der Waals surface area contributed by atoms with Gasteiger partial charge >= 0.3 is 0 Å². The van der Waals surface area contributed by atoms with Crippen LogP contribution in [0, 0.1) is 0 Å². The van der Waals surface area contributed by atoms with E-state index in [1.54, 1.807) is 0 Å². The van der Waals surface area contributed by atoms with Crippen molar-refractivity contribution in [2.24, 2.45) is 0 Å². The molecule has 0 aliphatic carbocycles. The lowest BCUT2D eigenvalue weighted by molar-refractivity contribution is -0.133. The lowest BCUT2D eigenvalue weighted by Gasteiger charge is -2.37. The molecule has 1 saturated heterocycles. The Labute approximate surface area is 186 Å². The first-order valence-electron chi connectivity index (χ1n) is 11.1. The predicted octanol–water partition coefficient (Wildman–Crippen LogP) is 3.92. The van der Waals surface area contributed by atoms with Gasteiger partial charge in [0, 0.05) is 50.0 Å². The Bertz CT molecular complexity index is 1210. The van der Waals surface area contributed by atoms with Gasteiger partial charge in [0.15, 0.2) is 0 Å². The zero-order valence-corrected chi connectivity index (χ0v) is 17.7. The number of para-hydroxylation sites is 2. The maximum absolute atomic E-state index is 13.7. The summed E-state index contributed by atoms with van der Waals surface area (Å²) >= 11 is 0. The third kappa shape index (κ3) is 3.33. The first-order valence-corrected chi connectivity index (χ1v) is 11.1. The Morgan fingerprint density at radius 1 is 0.875 bits per heavy atom. The van der Waals surface area contributed by atoms with Crippen molar-refractivity contribution in [3.8, 4) is 11.5 Å². The van der Waals surface area contributed by atoms with Gasteiger partial charge in [0.1, 0.15) is 11.5 Å². The fourth-order valence-corrected chi connectivity index (χ4v) is 4.78. The number of pyridine rings is 1. The largest absolute Gasteiger partial charge is 0.457 e. The quantitative estimate of drug-likeness (QED) is 0.500. The predicted molar refractivity (Wildman–Crippen MR) is 122 cm³/mol. The molecule has 0 unspecified atom stereocenters. The van der Waals surface area contributed by atoms with Gasteiger partial charge in [-0.15, -0.1) is 0 Å². The van der Waals surface area contributed by atoms with Crippen LogP contribution in [0.4, 0.5) is 0 Å². The molecule has 2 aromatic heterocycles. The Morgan fingerprint density at radius 2 is 1.53 bits per heavy atom. The first-order chi connectivity index (χ1) is 15.8. The van der Waals surface area contributed by atoms with E-state index in [0.717, 1.165) is 53.5 Å². The third-order valence-corrected chi connectivity index (χ3v) is 6.42. The SMILES string of the molecule is O=C(C1c2ccccc2Oc2ccccc21)N1CCN(Cc2cc3ccccn3n2)CC1. The van der Waals surface area contributed by atoms with Gasteiger partial charge in [-0.2, -0.15) is 5.10 Å². The summed E-state index contributed by atoms with van der Waals surface area (Å²) in [5.74, 6) is 1.38. The van der Waals surface area contributed by atoms with Crippen molar-refractivity contribution in [3.05, 3.63) is 95.8 Å². The molecule has 0 saturated carbocycles. The molecule has 4 aromatic rings. The molecule has 1 fully saturated rings. The van der Waals surface area contributed by atoms with E-state index in [1.165, 1.54) is 0 Å². The number of nitrogens with zero attached hydrogens (tertiary/aromatic N) is 4. The molecule has 0 bridgehead atoms. The number of hydrogen-bond acceptors (Lipinski definition) is 4. The Kier molecular flexibility index (Phi) is 4.65. The summed E-state index contributed by atoms with van der Waals surface area (Å²) in [4.78, 5) is 18.1. The van der Waals surface area contributed by atoms with E-state index in [9.17, 15) is 4.79 Å². The molecule has 0 atom stereocenters. The lowest BCUT2D eigenvalue weighted by atomic mass is 9.86. The molecule has 160 valence electrons.